The van der Waals surface area contributed by atoms with Crippen molar-refractivity contribution in [2.45, 2.75) is 25.7 Å². The van der Waals surface area contributed by atoms with Gasteiger partial charge in [-0.1, -0.05) is 0 Å². The highest BCUT2D eigenvalue weighted by Gasteiger charge is 2.23. The fraction of sp³-hybridized carbons (Fsp3) is 0.750. The van der Waals surface area contributed by atoms with Gasteiger partial charge in [0.15, 0.2) is 0 Å². The Bertz CT molecular complexity index is 306. The van der Waals surface area contributed by atoms with Gasteiger partial charge in [-0.25, -0.2) is 0 Å². The highest BCUT2D eigenvalue weighted by atomic mass is 16.3. The third-order valence-corrected chi connectivity index (χ3v) is 3.18. The molecule has 0 radical (unpaired) electrons. The molecule has 18 heavy (non-hydrogen) atoms. The van der Waals surface area contributed by atoms with Crippen molar-refractivity contribution in [1.82, 2.24) is 10.6 Å². The first-order chi connectivity index (χ1) is 8.69. The third kappa shape index (κ3) is 4.44. The standard InChI is InChI=1S/C6H11NO2.C6H9NO2/c2*8-4-2-5-1-3-7-6(5)9/h5,8H,1-4H2,(H,7,9);4-5H,1-3H2,(H,7,9). The van der Waals surface area contributed by atoms with Crippen molar-refractivity contribution in [1.29, 1.82) is 0 Å². The summed E-state index contributed by atoms with van der Waals surface area (Å²) in [6.45, 7) is 1.64. The summed E-state index contributed by atoms with van der Waals surface area (Å²) in [7, 11) is 0. The molecule has 102 valence electrons. The number of carbonyl (C=O) groups is 3. The zero-order chi connectivity index (χ0) is 13.4. The first kappa shape index (κ1) is 14.6. The van der Waals surface area contributed by atoms with Crippen molar-refractivity contribution in [3.8, 4) is 0 Å². The van der Waals surface area contributed by atoms with E-state index in [0.717, 1.165) is 32.2 Å². The molecule has 2 saturated heterocycles. The molecule has 0 aliphatic carbocycles. The second-order valence-corrected chi connectivity index (χ2v) is 4.47. The average molecular weight is 256 g/mol. The van der Waals surface area contributed by atoms with E-state index in [9.17, 15) is 14.4 Å². The summed E-state index contributed by atoms with van der Waals surface area (Å²) < 4.78 is 0. The molecule has 2 amide bonds. The van der Waals surface area contributed by atoms with Crippen LogP contribution in [0.2, 0.25) is 0 Å². The lowest BCUT2D eigenvalue weighted by atomic mass is 10.1. The van der Waals surface area contributed by atoms with Gasteiger partial charge < -0.3 is 20.5 Å². The third-order valence-electron chi connectivity index (χ3n) is 3.18. The van der Waals surface area contributed by atoms with E-state index in [-0.39, 0.29) is 30.3 Å². The van der Waals surface area contributed by atoms with Gasteiger partial charge in [0, 0.05) is 38.0 Å². The van der Waals surface area contributed by atoms with E-state index in [4.69, 9.17) is 5.11 Å². The average Bonchev–Trinajstić information content (AvgIpc) is 2.92. The van der Waals surface area contributed by atoms with Gasteiger partial charge in [-0.3, -0.25) is 9.59 Å². The quantitative estimate of drug-likeness (QED) is 0.575. The lowest BCUT2D eigenvalue weighted by Gasteiger charge is -2.00. The maximum atomic E-state index is 10.7. The van der Waals surface area contributed by atoms with Crippen LogP contribution in [-0.4, -0.2) is 42.9 Å². The number of hydrogen-bond donors (Lipinski definition) is 3. The van der Waals surface area contributed by atoms with Gasteiger partial charge in [-0.2, -0.15) is 0 Å². The second-order valence-electron chi connectivity index (χ2n) is 4.47. The maximum Gasteiger partial charge on any atom is 0.223 e. The highest BCUT2D eigenvalue weighted by molar-refractivity contribution is 5.82. The van der Waals surface area contributed by atoms with E-state index in [1.165, 1.54) is 0 Å². The van der Waals surface area contributed by atoms with E-state index < -0.39 is 0 Å². The molecule has 0 aromatic carbocycles. The molecule has 6 heteroatoms. The summed E-state index contributed by atoms with van der Waals surface area (Å²) in [5.74, 6) is 0.170. The smallest absolute Gasteiger partial charge is 0.223 e. The summed E-state index contributed by atoms with van der Waals surface area (Å²) >= 11 is 0. The van der Waals surface area contributed by atoms with E-state index in [0.29, 0.717) is 12.8 Å². The van der Waals surface area contributed by atoms with Crippen LogP contribution < -0.4 is 10.6 Å². The molecule has 2 heterocycles. The second kappa shape index (κ2) is 7.81. The van der Waals surface area contributed by atoms with Gasteiger partial charge in [0.05, 0.1) is 0 Å². The highest BCUT2D eigenvalue weighted by Crippen LogP contribution is 2.12. The minimum Gasteiger partial charge on any atom is -0.396 e. The summed E-state index contributed by atoms with van der Waals surface area (Å²) in [6, 6.07) is 0. The number of aliphatic hydroxyl groups excluding tert-OH is 1. The molecule has 3 N–H and O–H groups in total. The van der Waals surface area contributed by atoms with Crippen LogP contribution in [0.3, 0.4) is 0 Å². The van der Waals surface area contributed by atoms with E-state index >= 15 is 0 Å². The van der Waals surface area contributed by atoms with Crippen LogP contribution in [0.15, 0.2) is 0 Å². The van der Waals surface area contributed by atoms with Crippen LogP contribution >= 0.6 is 0 Å². The minimum atomic E-state index is -0.0394. The normalized spacial score (nSPS) is 26.1. The molecular formula is C12H20N2O4. The van der Waals surface area contributed by atoms with Gasteiger partial charge in [0.25, 0.3) is 0 Å². The fourth-order valence-corrected chi connectivity index (χ4v) is 2.06. The van der Waals surface area contributed by atoms with Gasteiger partial charge in [0.2, 0.25) is 11.8 Å². The van der Waals surface area contributed by atoms with E-state index in [1.807, 2.05) is 0 Å². The maximum absolute atomic E-state index is 10.7. The van der Waals surface area contributed by atoms with Crippen molar-refractivity contribution in [3.05, 3.63) is 0 Å². The fourth-order valence-electron chi connectivity index (χ4n) is 2.06. The molecule has 2 aliphatic heterocycles. The van der Waals surface area contributed by atoms with E-state index in [1.54, 1.807) is 0 Å². The van der Waals surface area contributed by atoms with Crippen LogP contribution in [0.1, 0.15) is 25.7 Å². The number of aldehydes is 1. The van der Waals surface area contributed by atoms with Crippen LogP contribution in [0, 0.1) is 11.8 Å². The minimum absolute atomic E-state index is 0.0297. The number of nitrogens with one attached hydrogen (secondary N) is 2. The Morgan fingerprint density at radius 2 is 1.67 bits per heavy atom. The van der Waals surface area contributed by atoms with Crippen molar-refractivity contribution in [3.63, 3.8) is 0 Å². The zero-order valence-electron chi connectivity index (χ0n) is 10.4. The van der Waals surface area contributed by atoms with Crippen molar-refractivity contribution in [2.75, 3.05) is 19.7 Å². The Hall–Kier alpha value is -1.43. The predicted molar refractivity (Wildman–Crippen MR) is 64.6 cm³/mol. The van der Waals surface area contributed by atoms with Crippen molar-refractivity contribution in [2.24, 2.45) is 11.8 Å². The van der Waals surface area contributed by atoms with Crippen LogP contribution in [0.5, 0.6) is 0 Å². The molecule has 2 fully saturated rings. The number of aliphatic hydroxyl groups is 1. The number of rotatable bonds is 4. The monoisotopic (exact) mass is 256 g/mol. The van der Waals surface area contributed by atoms with Crippen molar-refractivity contribution < 1.29 is 19.5 Å². The Morgan fingerprint density at radius 3 is 2.06 bits per heavy atom. The van der Waals surface area contributed by atoms with Gasteiger partial charge >= 0.3 is 0 Å². The number of amides is 2. The summed E-state index contributed by atoms with van der Waals surface area (Å²) in [6.07, 6.45) is 3.50. The van der Waals surface area contributed by atoms with Crippen LogP contribution in [-0.2, 0) is 14.4 Å². The molecule has 6 nitrogen and oxygen atoms in total. The van der Waals surface area contributed by atoms with Gasteiger partial charge in [-0.15, -0.1) is 0 Å². The van der Waals surface area contributed by atoms with E-state index in [2.05, 4.69) is 10.6 Å². The SMILES string of the molecule is O=C1NCCC1CCO.O=CCC1CCNC1=O. The summed E-state index contributed by atoms with van der Waals surface area (Å²) in [4.78, 5) is 31.4. The molecule has 2 unspecified atom stereocenters. The Kier molecular flexibility index (Phi) is 6.35. The summed E-state index contributed by atoms with van der Waals surface area (Å²) in [5.41, 5.74) is 0. The van der Waals surface area contributed by atoms with Gasteiger partial charge in [0.1, 0.15) is 6.29 Å². The Balaban J connectivity index is 0.000000180. The molecule has 0 spiro atoms. The molecule has 2 rings (SSSR count). The molecule has 0 bridgehead atoms. The molecule has 2 aliphatic rings. The molecule has 2 atom stereocenters. The molecular weight excluding hydrogens is 236 g/mol. The zero-order valence-corrected chi connectivity index (χ0v) is 10.4. The molecule has 0 aromatic heterocycles. The Labute approximate surface area is 106 Å². The molecule has 0 saturated carbocycles. The summed E-state index contributed by atoms with van der Waals surface area (Å²) in [5, 5.41) is 13.8. The van der Waals surface area contributed by atoms with Crippen LogP contribution in [0.4, 0.5) is 0 Å². The van der Waals surface area contributed by atoms with Crippen molar-refractivity contribution >= 4 is 18.1 Å². The first-order valence-electron chi connectivity index (χ1n) is 6.29. The molecule has 0 aromatic rings. The number of hydrogen-bond acceptors (Lipinski definition) is 4. The topological polar surface area (TPSA) is 95.5 Å². The van der Waals surface area contributed by atoms with Crippen LogP contribution in [0.25, 0.3) is 0 Å². The van der Waals surface area contributed by atoms with Gasteiger partial charge in [-0.05, 0) is 19.3 Å². The lowest BCUT2D eigenvalue weighted by molar-refractivity contribution is -0.124. The largest absolute Gasteiger partial charge is 0.396 e. The number of carbonyl (C=O) groups excluding carboxylic acids is 3. The predicted octanol–water partition coefficient (Wildman–Crippen LogP) is -0.784. The first-order valence-corrected chi connectivity index (χ1v) is 6.29. The Morgan fingerprint density at radius 1 is 1.11 bits per heavy atom. The lowest BCUT2D eigenvalue weighted by Crippen LogP contribution is -2.19.